The molecule has 3 nitrogen and oxygen atoms in total. The molecule has 2 unspecified atom stereocenters. The molecule has 0 aromatic heterocycles. The van der Waals surface area contributed by atoms with Crippen molar-refractivity contribution in [3.05, 3.63) is 35.4 Å². The molecule has 0 aliphatic carbocycles. The number of aryl methyl sites for hydroxylation is 1. The first-order chi connectivity index (χ1) is 8.56. The maximum atomic E-state index is 6.14. The highest BCUT2D eigenvalue weighted by Crippen LogP contribution is 2.22. The summed E-state index contributed by atoms with van der Waals surface area (Å²) in [5, 5.41) is 0. The van der Waals surface area contributed by atoms with Gasteiger partial charge in [0.05, 0.1) is 0 Å². The molecule has 0 radical (unpaired) electrons. The standard InChI is InChI=1S/C15H26N2O/c1-12-6-8-14(9-7-12)15(13(2)16)17(3)10-5-11-18-4/h6-9,13,15H,5,10-11,16H2,1-4H3. The number of rotatable bonds is 7. The fourth-order valence-corrected chi connectivity index (χ4v) is 2.32. The third-order valence-corrected chi connectivity index (χ3v) is 3.25. The van der Waals surface area contributed by atoms with Crippen molar-refractivity contribution < 1.29 is 4.74 Å². The maximum absolute atomic E-state index is 6.14. The number of benzene rings is 1. The monoisotopic (exact) mass is 250 g/mol. The van der Waals surface area contributed by atoms with Gasteiger partial charge < -0.3 is 10.5 Å². The van der Waals surface area contributed by atoms with Crippen molar-refractivity contribution in [2.24, 2.45) is 5.73 Å². The Hall–Kier alpha value is -0.900. The highest BCUT2D eigenvalue weighted by molar-refractivity contribution is 5.25. The van der Waals surface area contributed by atoms with Gasteiger partial charge in [0.2, 0.25) is 0 Å². The summed E-state index contributed by atoms with van der Waals surface area (Å²) in [7, 11) is 3.87. The second-order valence-corrected chi connectivity index (χ2v) is 5.04. The van der Waals surface area contributed by atoms with Gasteiger partial charge in [0, 0.05) is 32.3 Å². The number of nitrogens with zero attached hydrogens (tertiary/aromatic N) is 1. The molecule has 18 heavy (non-hydrogen) atoms. The number of methoxy groups -OCH3 is 1. The number of likely N-dealkylation sites (N-methyl/N-ethyl adjacent to an activating group) is 1. The Morgan fingerprint density at radius 3 is 2.39 bits per heavy atom. The smallest absolute Gasteiger partial charge is 0.0493 e. The third-order valence-electron chi connectivity index (χ3n) is 3.25. The zero-order chi connectivity index (χ0) is 13.5. The average Bonchev–Trinajstić information content (AvgIpc) is 2.32. The Kier molecular flexibility index (Phi) is 6.33. The number of hydrogen-bond donors (Lipinski definition) is 1. The molecule has 1 aromatic rings. The summed E-state index contributed by atoms with van der Waals surface area (Å²) in [5.74, 6) is 0. The van der Waals surface area contributed by atoms with E-state index in [4.69, 9.17) is 10.5 Å². The first-order valence-electron chi connectivity index (χ1n) is 6.57. The first-order valence-corrected chi connectivity index (χ1v) is 6.57. The molecule has 3 heteroatoms. The van der Waals surface area contributed by atoms with Crippen molar-refractivity contribution in [3.63, 3.8) is 0 Å². The Bertz CT molecular complexity index is 335. The molecule has 0 bridgehead atoms. The highest BCUT2D eigenvalue weighted by atomic mass is 16.5. The summed E-state index contributed by atoms with van der Waals surface area (Å²) in [4.78, 5) is 2.31. The van der Waals surface area contributed by atoms with Crippen molar-refractivity contribution in [3.8, 4) is 0 Å². The summed E-state index contributed by atoms with van der Waals surface area (Å²) in [6.45, 7) is 5.96. The molecule has 2 atom stereocenters. The molecule has 1 rings (SSSR count). The number of hydrogen-bond acceptors (Lipinski definition) is 3. The van der Waals surface area contributed by atoms with E-state index in [1.165, 1.54) is 11.1 Å². The van der Waals surface area contributed by atoms with Crippen LogP contribution in [0.25, 0.3) is 0 Å². The largest absolute Gasteiger partial charge is 0.385 e. The van der Waals surface area contributed by atoms with Crippen molar-refractivity contribution in [2.45, 2.75) is 32.4 Å². The van der Waals surface area contributed by atoms with E-state index < -0.39 is 0 Å². The molecule has 0 saturated carbocycles. The lowest BCUT2D eigenvalue weighted by molar-refractivity contribution is 0.158. The summed E-state index contributed by atoms with van der Waals surface area (Å²) in [6.07, 6.45) is 1.03. The molecular formula is C15H26N2O. The van der Waals surface area contributed by atoms with Crippen molar-refractivity contribution in [1.29, 1.82) is 0 Å². The lowest BCUT2D eigenvalue weighted by atomic mass is 9.98. The molecule has 102 valence electrons. The molecule has 2 N–H and O–H groups in total. The number of ether oxygens (including phenoxy) is 1. The van der Waals surface area contributed by atoms with Gasteiger partial charge in [0.1, 0.15) is 0 Å². The van der Waals surface area contributed by atoms with Gasteiger partial charge in [-0.3, -0.25) is 4.90 Å². The van der Waals surface area contributed by atoms with Crippen LogP contribution in [0.1, 0.15) is 30.5 Å². The third kappa shape index (κ3) is 4.41. The summed E-state index contributed by atoms with van der Waals surface area (Å²) in [6, 6.07) is 9.02. The van der Waals surface area contributed by atoms with Crippen LogP contribution in [0.5, 0.6) is 0 Å². The van der Waals surface area contributed by atoms with Crippen LogP contribution < -0.4 is 5.73 Å². The van der Waals surface area contributed by atoms with Crippen LogP contribution in [0.3, 0.4) is 0 Å². The molecule has 0 spiro atoms. The lowest BCUT2D eigenvalue weighted by Crippen LogP contribution is -2.38. The second kappa shape index (κ2) is 7.52. The van der Waals surface area contributed by atoms with Crippen LogP contribution in [0, 0.1) is 6.92 Å². The van der Waals surface area contributed by atoms with E-state index in [1.807, 2.05) is 0 Å². The highest BCUT2D eigenvalue weighted by Gasteiger charge is 2.20. The van der Waals surface area contributed by atoms with Crippen molar-refractivity contribution in [1.82, 2.24) is 4.90 Å². The van der Waals surface area contributed by atoms with Gasteiger partial charge in [-0.25, -0.2) is 0 Å². The topological polar surface area (TPSA) is 38.5 Å². The van der Waals surface area contributed by atoms with Crippen molar-refractivity contribution in [2.75, 3.05) is 27.3 Å². The van der Waals surface area contributed by atoms with Crippen LogP contribution in [0.15, 0.2) is 24.3 Å². The van der Waals surface area contributed by atoms with Gasteiger partial charge in [-0.05, 0) is 32.9 Å². The minimum Gasteiger partial charge on any atom is -0.385 e. The Labute approximate surface area is 111 Å². The van der Waals surface area contributed by atoms with Gasteiger partial charge in [-0.2, -0.15) is 0 Å². The zero-order valence-electron chi connectivity index (χ0n) is 12.0. The minimum atomic E-state index is 0.111. The van der Waals surface area contributed by atoms with Crippen molar-refractivity contribution >= 4 is 0 Å². The van der Waals surface area contributed by atoms with Crippen LogP contribution >= 0.6 is 0 Å². The molecule has 0 aliphatic rings. The van der Waals surface area contributed by atoms with E-state index in [-0.39, 0.29) is 12.1 Å². The molecule has 0 saturated heterocycles. The molecule has 0 fully saturated rings. The molecule has 0 amide bonds. The summed E-state index contributed by atoms with van der Waals surface area (Å²) < 4.78 is 5.10. The lowest BCUT2D eigenvalue weighted by Gasteiger charge is -2.31. The summed E-state index contributed by atoms with van der Waals surface area (Å²) >= 11 is 0. The van der Waals surface area contributed by atoms with E-state index >= 15 is 0 Å². The normalized spacial score (nSPS) is 14.8. The fraction of sp³-hybridized carbons (Fsp3) is 0.600. The Morgan fingerprint density at radius 1 is 1.28 bits per heavy atom. The maximum Gasteiger partial charge on any atom is 0.0493 e. The van der Waals surface area contributed by atoms with E-state index in [9.17, 15) is 0 Å². The van der Waals surface area contributed by atoms with Gasteiger partial charge in [0.15, 0.2) is 0 Å². The Balaban J connectivity index is 2.72. The van der Waals surface area contributed by atoms with Crippen LogP contribution in [0.4, 0.5) is 0 Å². The molecule has 0 aliphatic heterocycles. The zero-order valence-corrected chi connectivity index (χ0v) is 12.0. The summed E-state index contributed by atoms with van der Waals surface area (Å²) in [5.41, 5.74) is 8.71. The molecular weight excluding hydrogens is 224 g/mol. The van der Waals surface area contributed by atoms with Gasteiger partial charge in [-0.15, -0.1) is 0 Å². The van der Waals surface area contributed by atoms with Gasteiger partial charge in [-0.1, -0.05) is 29.8 Å². The SMILES string of the molecule is COCCCN(C)C(c1ccc(C)cc1)C(C)N. The Morgan fingerprint density at radius 2 is 1.89 bits per heavy atom. The molecule has 0 heterocycles. The predicted molar refractivity (Wildman–Crippen MR) is 76.7 cm³/mol. The fourth-order valence-electron chi connectivity index (χ4n) is 2.32. The van der Waals surface area contributed by atoms with Crippen LogP contribution in [-0.2, 0) is 4.74 Å². The van der Waals surface area contributed by atoms with Crippen LogP contribution in [0.2, 0.25) is 0 Å². The first kappa shape index (κ1) is 15.2. The quantitative estimate of drug-likeness (QED) is 0.755. The minimum absolute atomic E-state index is 0.111. The number of nitrogens with two attached hydrogens (primary N) is 1. The van der Waals surface area contributed by atoms with E-state index in [0.717, 1.165) is 19.6 Å². The van der Waals surface area contributed by atoms with E-state index in [2.05, 4.69) is 50.1 Å². The predicted octanol–water partition coefficient (Wildman–Crippen LogP) is 2.35. The van der Waals surface area contributed by atoms with E-state index in [1.54, 1.807) is 7.11 Å². The second-order valence-electron chi connectivity index (χ2n) is 5.04. The van der Waals surface area contributed by atoms with Gasteiger partial charge in [0.25, 0.3) is 0 Å². The van der Waals surface area contributed by atoms with Crippen LogP contribution in [-0.4, -0.2) is 38.3 Å². The molecule has 1 aromatic carbocycles. The average molecular weight is 250 g/mol. The van der Waals surface area contributed by atoms with E-state index in [0.29, 0.717) is 0 Å². The van der Waals surface area contributed by atoms with Gasteiger partial charge >= 0.3 is 0 Å².